The molecule has 1 aromatic carbocycles. The Bertz CT molecular complexity index is 506. The van der Waals surface area contributed by atoms with Crippen LogP contribution in [0.15, 0.2) is 45.7 Å². The second-order valence-corrected chi connectivity index (χ2v) is 4.65. The molecule has 0 aliphatic rings. The van der Waals surface area contributed by atoms with Crippen LogP contribution in [0.1, 0.15) is 15.9 Å². The molecule has 0 radical (unpaired) electrons. The third-order valence-electron chi connectivity index (χ3n) is 2.18. The number of Topliss-reactive ketones (excluding diaryl/α,β-unsaturated/α-hetero) is 1. The van der Waals surface area contributed by atoms with Gasteiger partial charge in [-0.15, -0.1) is 0 Å². The van der Waals surface area contributed by atoms with E-state index in [-0.39, 0.29) is 5.78 Å². The van der Waals surface area contributed by atoms with E-state index in [0.29, 0.717) is 21.5 Å². The molecule has 0 amide bonds. The van der Waals surface area contributed by atoms with Gasteiger partial charge in [-0.2, -0.15) is 0 Å². The lowest BCUT2D eigenvalue weighted by molar-refractivity contribution is 0.0992. The summed E-state index contributed by atoms with van der Waals surface area (Å²) in [6, 6.07) is 6.91. The van der Waals surface area contributed by atoms with E-state index in [4.69, 9.17) is 16.0 Å². The molecule has 16 heavy (non-hydrogen) atoms. The predicted octanol–water partition coefficient (Wildman–Crippen LogP) is 4.12. The molecule has 0 spiro atoms. The van der Waals surface area contributed by atoms with Crippen molar-refractivity contribution in [1.82, 2.24) is 0 Å². The Hall–Kier alpha value is -1.06. The second-order valence-electron chi connectivity index (χ2n) is 3.36. The molecule has 0 saturated carbocycles. The Labute approximate surface area is 106 Å². The molecule has 0 fully saturated rings. The average molecular weight is 300 g/mol. The van der Waals surface area contributed by atoms with Crippen molar-refractivity contribution < 1.29 is 9.21 Å². The van der Waals surface area contributed by atoms with E-state index < -0.39 is 0 Å². The van der Waals surface area contributed by atoms with Gasteiger partial charge in [-0.1, -0.05) is 11.6 Å². The molecule has 0 aliphatic carbocycles. The molecular formula is C12H8BrClO2. The number of furan rings is 1. The van der Waals surface area contributed by atoms with Gasteiger partial charge in [0.25, 0.3) is 0 Å². The van der Waals surface area contributed by atoms with Crippen molar-refractivity contribution in [3.63, 3.8) is 0 Å². The molecule has 0 atom stereocenters. The lowest BCUT2D eigenvalue weighted by Crippen LogP contribution is -2.03. The second kappa shape index (κ2) is 4.85. The maximum Gasteiger partial charge on any atom is 0.168 e. The third-order valence-corrected chi connectivity index (χ3v) is 3.07. The number of halogens is 2. The topological polar surface area (TPSA) is 30.2 Å². The summed E-state index contributed by atoms with van der Waals surface area (Å²) in [6.07, 6.45) is 3.46. The lowest BCUT2D eigenvalue weighted by Gasteiger charge is -2.02. The number of hydrogen-bond acceptors (Lipinski definition) is 2. The highest BCUT2D eigenvalue weighted by Gasteiger charge is 2.11. The van der Waals surface area contributed by atoms with Crippen LogP contribution in [0.4, 0.5) is 0 Å². The molecule has 1 aromatic heterocycles. The largest absolute Gasteiger partial charge is 0.472 e. The zero-order valence-corrected chi connectivity index (χ0v) is 10.6. The van der Waals surface area contributed by atoms with Crippen LogP contribution in [-0.4, -0.2) is 5.78 Å². The highest BCUT2D eigenvalue weighted by molar-refractivity contribution is 9.10. The summed E-state index contributed by atoms with van der Waals surface area (Å²) < 4.78 is 5.63. The third kappa shape index (κ3) is 2.54. The Morgan fingerprint density at radius 3 is 2.81 bits per heavy atom. The number of rotatable bonds is 3. The normalized spacial score (nSPS) is 10.4. The molecule has 2 rings (SSSR count). The highest BCUT2D eigenvalue weighted by Crippen LogP contribution is 2.23. The maximum atomic E-state index is 11.9. The fourth-order valence-corrected chi connectivity index (χ4v) is 2.29. The van der Waals surface area contributed by atoms with Gasteiger partial charge in [-0.3, -0.25) is 4.79 Å². The van der Waals surface area contributed by atoms with E-state index in [9.17, 15) is 4.79 Å². The van der Waals surface area contributed by atoms with Crippen LogP contribution in [-0.2, 0) is 6.42 Å². The standard InChI is InChI=1S/C12H8BrClO2/c13-11-6-9(14)1-2-10(11)12(15)5-8-3-4-16-7-8/h1-4,6-7H,5H2. The zero-order valence-electron chi connectivity index (χ0n) is 8.24. The Morgan fingerprint density at radius 1 is 1.38 bits per heavy atom. The summed E-state index contributed by atoms with van der Waals surface area (Å²) in [5.74, 6) is 0.0324. The number of carbonyl (C=O) groups excluding carboxylic acids is 1. The first-order valence-corrected chi connectivity index (χ1v) is 5.83. The molecule has 2 nitrogen and oxygen atoms in total. The Balaban J connectivity index is 2.21. The van der Waals surface area contributed by atoms with Gasteiger partial charge in [0.2, 0.25) is 0 Å². The smallest absolute Gasteiger partial charge is 0.168 e. The van der Waals surface area contributed by atoms with Crippen molar-refractivity contribution in [1.29, 1.82) is 0 Å². The number of hydrogen-bond donors (Lipinski definition) is 0. The minimum atomic E-state index is 0.0324. The van der Waals surface area contributed by atoms with E-state index in [2.05, 4.69) is 15.9 Å². The molecular weight excluding hydrogens is 291 g/mol. The van der Waals surface area contributed by atoms with Crippen LogP contribution in [0.25, 0.3) is 0 Å². The van der Waals surface area contributed by atoms with Gasteiger partial charge in [0.1, 0.15) is 0 Å². The number of carbonyl (C=O) groups is 1. The van der Waals surface area contributed by atoms with Crippen LogP contribution >= 0.6 is 27.5 Å². The first-order chi connectivity index (χ1) is 7.66. The van der Waals surface area contributed by atoms with Crippen molar-refractivity contribution in [2.45, 2.75) is 6.42 Å². The van der Waals surface area contributed by atoms with Gasteiger partial charge in [0, 0.05) is 21.5 Å². The number of benzene rings is 1. The summed E-state index contributed by atoms with van der Waals surface area (Å²) in [4.78, 5) is 11.9. The van der Waals surface area contributed by atoms with E-state index in [0.717, 1.165) is 5.56 Å². The SMILES string of the molecule is O=C(Cc1ccoc1)c1ccc(Cl)cc1Br. The molecule has 82 valence electrons. The van der Waals surface area contributed by atoms with Crippen LogP contribution in [0.2, 0.25) is 5.02 Å². The summed E-state index contributed by atoms with van der Waals surface area (Å²) in [6.45, 7) is 0. The van der Waals surface area contributed by atoms with Gasteiger partial charge in [-0.25, -0.2) is 0 Å². The van der Waals surface area contributed by atoms with E-state index >= 15 is 0 Å². The summed E-state index contributed by atoms with van der Waals surface area (Å²) in [5, 5.41) is 0.603. The van der Waals surface area contributed by atoms with E-state index in [1.54, 1.807) is 36.8 Å². The van der Waals surface area contributed by atoms with E-state index in [1.165, 1.54) is 0 Å². The van der Waals surface area contributed by atoms with Gasteiger partial charge in [-0.05, 0) is 45.8 Å². The number of ketones is 1. The summed E-state index contributed by atoms with van der Waals surface area (Å²) >= 11 is 9.13. The van der Waals surface area contributed by atoms with Gasteiger partial charge >= 0.3 is 0 Å². The first kappa shape index (κ1) is 11.4. The molecule has 0 aliphatic heterocycles. The minimum absolute atomic E-state index is 0.0324. The highest BCUT2D eigenvalue weighted by atomic mass is 79.9. The minimum Gasteiger partial charge on any atom is -0.472 e. The van der Waals surface area contributed by atoms with Crippen LogP contribution in [0, 0.1) is 0 Å². The van der Waals surface area contributed by atoms with Crippen molar-refractivity contribution >= 4 is 33.3 Å². The van der Waals surface area contributed by atoms with Crippen LogP contribution < -0.4 is 0 Å². The Kier molecular flexibility index (Phi) is 3.46. The zero-order chi connectivity index (χ0) is 11.5. The van der Waals surface area contributed by atoms with Crippen molar-refractivity contribution in [3.05, 3.63) is 57.4 Å². The molecule has 2 aromatic rings. The van der Waals surface area contributed by atoms with Crippen molar-refractivity contribution in [2.75, 3.05) is 0 Å². The maximum absolute atomic E-state index is 11.9. The quantitative estimate of drug-likeness (QED) is 0.798. The first-order valence-electron chi connectivity index (χ1n) is 4.66. The monoisotopic (exact) mass is 298 g/mol. The van der Waals surface area contributed by atoms with Gasteiger partial charge in [0.15, 0.2) is 5.78 Å². The summed E-state index contributed by atoms with van der Waals surface area (Å²) in [7, 11) is 0. The van der Waals surface area contributed by atoms with Crippen LogP contribution in [0.3, 0.4) is 0 Å². The fraction of sp³-hybridized carbons (Fsp3) is 0.0833. The average Bonchev–Trinajstić information content (AvgIpc) is 2.70. The molecule has 0 N–H and O–H groups in total. The molecule has 1 heterocycles. The molecule has 0 bridgehead atoms. The Morgan fingerprint density at radius 2 is 2.19 bits per heavy atom. The van der Waals surface area contributed by atoms with Gasteiger partial charge < -0.3 is 4.42 Å². The lowest BCUT2D eigenvalue weighted by atomic mass is 10.1. The van der Waals surface area contributed by atoms with Crippen molar-refractivity contribution in [3.8, 4) is 0 Å². The van der Waals surface area contributed by atoms with Crippen molar-refractivity contribution in [2.24, 2.45) is 0 Å². The molecule has 4 heteroatoms. The molecule has 0 saturated heterocycles. The van der Waals surface area contributed by atoms with Gasteiger partial charge in [0.05, 0.1) is 12.5 Å². The fourth-order valence-electron chi connectivity index (χ4n) is 1.39. The predicted molar refractivity (Wildman–Crippen MR) is 65.9 cm³/mol. The summed E-state index contributed by atoms with van der Waals surface area (Å²) in [5.41, 5.74) is 1.50. The molecule has 0 unspecified atom stereocenters. The van der Waals surface area contributed by atoms with E-state index in [1.807, 2.05) is 0 Å². The van der Waals surface area contributed by atoms with Crippen LogP contribution in [0.5, 0.6) is 0 Å².